The Morgan fingerprint density at radius 2 is 1.38 bits per heavy atom. The van der Waals surface area contributed by atoms with Gasteiger partial charge in [0.1, 0.15) is 0 Å². The predicted octanol–water partition coefficient (Wildman–Crippen LogP) is 5.90. The number of hydrogen-bond acceptors (Lipinski definition) is 0. The van der Waals surface area contributed by atoms with Crippen LogP contribution in [0.15, 0.2) is 24.3 Å². The van der Waals surface area contributed by atoms with E-state index < -0.39 is 7.25 Å². The van der Waals surface area contributed by atoms with Crippen molar-refractivity contribution < 1.29 is 17.3 Å². The van der Waals surface area contributed by atoms with Gasteiger partial charge in [-0.25, -0.2) is 0 Å². The Morgan fingerprint density at radius 1 is 0.857 bits per heavy atom. The molecule has 0 aromatic heterocycles. The van der Waals surface area contributed by atoms with Crippen molar-refractivity contribution in [3.8, 4) is 0 Å². The summed E-state index contributed by atoms with van der Waals surface area (Å²) in [7, 11) is -6.00. The van der Waals surface area contributed by atoms with Gasteiger partial charge in [0, 0.05) is 35.1 Å². The topological polar surface area (TPSA) is 0 Å². The number of rotatable bonds is 3. The van der Waals surface area contributed by atoms with E-state index in [2.05, 4.69) is 24.3 Å². The molecule has 4 rings (SSSR count). The van der Waals surface area contributed by atoms with E-state index in [9.17, 15) is 17.3 Å². The van der Waals surface area contributed by atoms with E-state index in [1.165, 1.54) is 38.5 Å². The first-order valence-electron chi connectivity index (χ1n) is 7.75. The lowest BCUT2D eigenvalue weighted by Gasteiger charge is -1.94. The van der Waals surface area contributed by atoms with Gasteiger partial charge in [-0.3, -0.25) is 0 Å². The van der Waals surface area contributed by atoms with Crippen LogP contribution in [-0.4, -0.2) is 7.25 Å². The smallest absolute Gasteiger partial charge is 0.418 e. The van der Waals surface area contributed by atoms with Crippen LogP contribution in [0, 0.1) is 0 Å². The molecule has 0 atom stereocenters. The van der Waals surface area contributed by atoms with Crippen LogP contribution in [0.4, 0.5) is 17.3 Å². The third kappa shape index (κ3) is 4.97. The summed E-state index contributed by atoms with van der Waals surface area (Å²) in [5.41, 5.74) is 4.89. The summed E-state index contributed by atoms with van der Waals surface area (Å²) in [6.07, 6.45) is 8.55. The maximum Gasteiger partial charge on any atom is 0.673 e. The van der Waals surface area contributed by atoms with Crippen LogP contribution in [0.2, 0.25) is 0 Å². The Hall–Kier alpha value is -1.13. The molecular weight excluding hydrogens is 279 g/mol. The summed E-state index contributed by atoms with van der Waals surface area (Å²) in [5, 5.41) is 0. The monoisotopic (exact) mass is 298 g/mol. The summed E-state index contributed by atoms with van der Waals surface area (Å²) < 4.78 is 39.0. The molecule has 3 fully saturated rings. The normalized spacial score (nSPS) is 21.5. The zero-order chi connectivity index (χ0) is 15.0. The molecule has 5 heteroatoms. The van der Waals surface area contributed by atoms with Crippen molar-refractivity contribution >= 4 is 7.25 Å². The van der Waals surface area contributed by atoms with Gasteiger partial charge in [-0.05, 0) is 44.4 Å². The van der Waals surface area contributed by atoms with Crippen LogP contribution in [0.1, 0.15) is 73.0 Å². The van der Waals surface area contributed by atoms with Gasteiger partial charge in [0.05, 0.1) is 17.7 Å². The minimum atomic E-state index is -6.00. The molecule has 0 N–H and O–H groups in total. The van der Waals surface area contributed by atoms with E-state index in [0.29, 0.717) is 0 Å². The summed E-state index contributed by atoms with van der Waals surface area (Å²) in [5.74, 6) is 2.70. The van der Waals surface area contributed by atoms with Crippen LogP contribution >= 0.6 is 0 Å². The molecule has 0 unspecified atom stereocenters. The Kier molecular flexibility index (Phi) is 3.93. The molecule has 3 aliphatic rings. The zero-order valence-electron chi connectivity index (χ0n) is 11.9. The van der Waals surface area contributed by atoms with Crippen molar-refractivity contribution in [1.82, 2.24) is 0 Å². The highest BCUT2D eigenvalue weighted by Crippen LogP contribution is 2.47. The van der Waals surface area contributed by atoms with Gasteiger partial charge >= 0.3 is 7.25 Å². The Bertz CT molecular complexity index is 479. The Labute approximate surface area is 122 Å². The first-order valence-corrected chi connectivity index (χ1v) is 7.75. The molecule has 0 nitrogen and oxygen atoms in total. The first kappa shape index (κ1) is 14.8. The molecule has 114 valence electrons. The molecule has 21 heavy (non-hydrogen) atoms. The van der Waals surface area contributed by atoms with Gasteiger partial charge in [0.2, 0.25) is 0 Å². The first-order chi connectivity index (χ1) is 9.90. The molecule has 0 saturated heterocycles. The van der Waals surface area contributed by atoms with Crippen LogP contribution < -0.4 is 0 Å². The molecule has 0 bridgehead atoms. The second kappa shape index (κ2) is 5.58. The van der Waals surface area contributed by atoms with E-state index in [0.717, 1.165) is 17.8 Å². The summed E-state index contributed by atoms with van der Waals surface area (Å²) in [6.45, 7) is 0. The highest BCUT2D eigenvalue weighted by atomic mass is 19.5. The SMILES string of the molecule is F[B-](F)(F)F.c1c[c+](C2CC2)cc(C2CC2)cc1C1CC1. The molecule has 0 spiro atoms. The van der Waals surface area contributed by atoms with E-state index in [4.69, 9.17) is 0 Å². The minimum Gasteiger partial charge on any atom is -0.418 e. The lowest BCUT2D eigenvalue weighted by Crippen LogP contribution is -2.02. The van der Waals surface area contributed by atoms with Crippen LogP contribution in [0.3, 0.4) is 0 Å². The zero-order valence-corrected chi connectivity index (χ0v) is 11.9. The van der Waals surface area contributed by atoms with Gasteiger partial charge in [-0.1, -0.05) is 0 Å². The third-order valence-corrected chi connectivity index (χ3v) is 4.28. The number of hydrogen-bond donors (Lipinski definition) is 0. The molecule has 1 aromatic rings. The lowest BCUT2D eigenvalue weighted by atomic mass is 10.1. The number of halogens is 4. The quantitative estimate of drug-likeness (QED) is 0.370. The fraction of sp³-hybridized carbons (Fsp3) is 0.562. The molecule has 0 amide bonds. The van der Waals surface area contributed by atoms with Gasteiger partial charge in [-0.2, -0.15) is 0 Å². The fourth-order valence-electron chi connectivity index (χ4n) is 2.71. The molecule has 0 heterocycles. The van der Waals surface area contributed by atoms with Gasteiger partial charge in [0.15, 0.2) is 0 Å². The van der Waals surface area contributed by atoms with Gasteiger partial charge in [-0.15, -0.1) is 0 Å². The van der Waals surface area contributed by atoms with E-state index in [1.807, 2.05) is 0 Å². The fourth-order valence-corrected chi connectivity index (χ4v) is 2.71. The van der Waals surface area contributed by atoms with Crippen molar-refractivity contribution in [2.45, 2.75) is 56.3 Å². The van der Waals surface area contributed by atoms with Gasteiger partial charge in [0.25, 0.3) is 0 Å². The Balaban J connectivity index is 0.000000233. The Morgan fingerprint density at radius 3 is 1.86 bits per heavy atom. The molecule has 0 aliphatic heterocycles. The van der Waals surface area contributed by atoms with E-state index in [1.54, 1.807) is 16.7 Å². The van der Waals surface area contributed by atoms with Crippen LogP contribution in [0.5, 0.6) is 0 Å². The second-order valence-corrected chi connectivity index (χ2v) is 6.44. The van der Waals surface area contributed by atoms with Crippen molar-refractivity contribution in [2.75, 3.05) is 0 Å². The largest absolute Gasteiger partial charge is 0.673 e. The average Bonchev–Trinajstić information content (AvgIpc) is 3.30. The highest BCUT2D eigenvalue weighted by molar-refractivity contribution is 6.50. The standard InChI is InChI=1S/C16H19.BF4/c1-2-11(1)14-7-8-15(12-3-4-12)10-16(9-14)13-5-6-13;2-1(3,4)5/h7-13H,1-6H2;/q+1;-1. The summed E-state index contributed by atoms with van der Waals surface area (Å²) >= 11 is 0. The maximum atomic E-state index is 9.75. The van der Waals surface area contributed by atoms with E-state index >= 15 is 0 Å². The van der Waals surface area contributed by atoms with Crippen molar-refractivity contribution in [2.24, 2.45) is 0 Å². The summed E-state index contributed by atoms with van der Waals surface area (Å²) in [4.78, 5) is 0. The van der Waals surface area contributed by atoms with Crippen molar-refractivity contribution in [1.29, 1.82) is 0 Å². The summed E-state index contributed by atoms with van der Waals surface area (Å²) in [6, 6.07) is 9.86. The molecule has 3 aliphatic carbocycles. The highest BCUT2D eigenvalue weighted by Gasteiger charge is 2.34. The average molecular weight is 298 g/mol. The lowest BCUT2D eigenvalue weighted by molar-refractivity contribution is 0.368. The van der Waals surface area contributed by atoms with E-state index in [-0.39, 0.29) is 0 Å². The minimum absolute atomic E-state index is 0.900. The molecule has 1 aromatic carbocycles. The van der Waals surface area contributed by atoms with Crippen LogP contribution in [-0.2, 0) is 0 Å². The predicted molar refractivity (Wildman–Crippen MR) is 77.0 cm³/mol. The molecule has 3 saturated carbocycles. The molecular formula is C16H19BF4. The maximum absolute atomic E-state index is 9.75. The third-order valence-electron chi connectivity index (χ3n) is 4.28. The van der Waals surface area contributed by atoms with Crippen molar-refractivity contribution in [3.63, 3.8) is 0 Å². The van der Waals surface area contributed by atoms with Crippen molar-refractivity contribution in [3.05, 3.63) is 41.0 Å². The van der Waals surface area contributed by atoms with Crippen LogP contribution in [0.25, 0.3) is 0 Å². The molecule has 0 radical (unpaired) electrons. The second-order valence-electron chi connectivity index (χ2n) is 6.44. The van der Waals surface area contributed by atoms with Gasteiger partial charge < -0.3 is 17.3 Å².